The molecule has 1 N–H and O–H groups in total. The van der Waals surface area contributed by atoms with E-state index in [0.717, 1.165) is 5.56 Å². The Morgan fingerprint density at radius 2 is 2.13 bits per heavy atom. The van der Waals surface area contributed by atoms with Gasteiger partial charge in [0.25, 0.3) is 0 Å². The molecule has 1 aromatic rings. The molecule has 0 saturated carbocycles. The number of aliphatic hydroxyl groups is 1. The molecule has 0 spiro atoms. The number of hydrogen-bond donors (Lipinski definition) is 1. The van der Waals surface area contributed by atoms with E-state index in [4.69, 9.17) is 10.3 Å². The minimum absolute atomic E-state index is 0.0301. The van der Waals surface area contributed by atoms with Gasteiger partial charge in [-0.3, -0.25) is 0 Å². The van der Waals surface area contributed by atoms with Crippen molar-refractivity contribution >= 4 is 0 Å². The van der Waals surface area contributed by atoms with E-state index in [0.29, 0.717) is 5.75 Å². The summed E-state index contributed by atoms with van der Waals surface area (Å²) in [7, 11) is 0. The molecule has 0 saturated heterocycles. The quantitative estimate of drug-likeness (QED) is 0.455. The van der Waals surface area contributed by atoms with Gasteiger partial charge in [-0.2, -0.15) is 0 Å². The highest BCUT2D eigenvalue weighted by molar-refractivity contribution is 5.26. The molecule has 0 aromatic heterocycles. The molecule has 80 valence electrons. The standard InChI is InChI=1S/C10H13N3O2/c1-8-2-4-10(5-3-8)15-7-9(14)6-12-13-11/h2-5,9,14H,6-7H2,1H3/t9-/m1/s1. The number of aryl methyl sites for hydroxylation is 1. The molecule has 0 aliphatic heterocycles. The Bertz CT molecular complexity index is 344. The fraction of sp³-hybridized carbons (Fsp3) is 0.400. The summed E-state index contributed by atoms with van der Waals surface area (Å²) in [5, 5.41) is 12.6. The van der Waals surface area contributed by atoms with Crippen LogP contribution < -0.4 is 4.74 Å². The lowest BCUT2D eigenvalue weighted by molar-refractivity contribution is 0.114. The van der Waals surface area contributed by atoms with Gasteiger partial charge in [-0.05, 0) is 24.6 Å². The van der Waals surface area contributed by atoms with Crippen molar-refractivity contribution in [1.29, 1.82) is 0 Å². The Balaban J connectivity index is 2.36. The lowest BCUT2D eigenvalue weighted by Crippen LogP contribution is -2.20. The summed E-state index contributed by atoms with van der Waals surface area (Å²) in [5.74, 6) is 0.695. The number of aliphatic hydroxyl groups excluding tert-OH is 1. The zero-order chi connectivity index (χ0) is 11.1. The summed E-state index contributed by atoms with van der Waals surface area (Å²) in [6.45, 7) is 2.14. The number of rotatable bonds is 5. The molecule has 1 rings (SSSR count). The first-order chi connectivity index (χ1) is 7.22. The Kier molecular flexibility index (Phi) is 4.47. The highest BCUT2D eigenvalue weighted by Crippen LogP contribution is 2.11. The topological polar surface area (TPSA) is 78.2 Å². The van der Waals surface area contributed by atoms with Crippen molar-refractivity contribution < 1.29 is 9.84 Å². The van der Waals surface area contributed by atoms with E-state index in [9.17, 15) is 5.11 Å². The summed E-state index contributed by atoms with van der Waals surface area (Å²) in [6.07, 6.45) is -0.762. The minimum atomic E-state index is -0.762. The van der Waals surface area contributed by atoms with Gasteiger partial charge in [-0.25, -0.2) is 0 Å². The van der Waals surface area contributed by atoms with Crippen LogP contribution in [0.3, 0.4) is 0 Å². The van der Waals surface area contributed by atoms with Crippen LogP contribution in [0.5, 0.6) is 5.75 Å². The van der Waals surface area contributed by atoms with Gasteiger partial charge in [0.2, 0.25) is 0 Å². The second-order valence-electron chi connectivity index (χ2n) is 3.19. The lowest BCUT2D eigenvalue weighted by atomic mass is 10.2. The van der Waals surface area contributed by atoms with Crippen molar-refractivity contribution in [3.05, 3.63) is 40.3 Å². The summed E-state index contributed by atoms with van der Waals surface area (Å²) in [6, 6.07) is 7.51. The minimum Gasteiger partial charge on any atom is -0.491 e. The fourth-order valence-corrected chi connectivity index (χ4v) is 1.01. The Morgan fingerprint density at radius 3 is 2.73 bits per heavy atom. The smallest absolute Gasteiger partial charge is 0.119 e. The highest BCUT2D eigenvalue weighted by atomic mass is 16.5. The first-order valence-electron chi connectivity index (χ1n) is 4.61. The molecule has 0 aliphatic rings. The number of nitrogens with zero attached hydrogens (tertiary/aromatic N) is 3. The normalized spacial score (nSPS) is 11.6. The molecule has 1 atom stereocenters. The first-order valence-corrected chi connectivity index (χ1v) is 4.61. The monoisotopic (exact) mass is 207 g/mol. The zero-order valence-electron chi connectivity index (χ0n) is 8.50. The maximum Gasteiger partial charge on any atom is 0.119 e. The molecule has 0 fully saturated rings. The van der Waals surface area contributed by atoms with Crippen molar-refractivity contribution in [1.82, 2.24) is 0 Å². The van der Waals surface area contributed by atoms with Crippen molar-refractivity contribution in [3.63, 3.8) is 0 Å². The van der Waals surface area contributed by atoms with Crippen LogP contribution in [0.25, 0.3) is 10.4 Å². The van der Waals surface area contributed by atoms with E-state index in [1.54, 1.807) is 0 Å². The number of hydrogen-bond acceptors (Lipinski definition) is 3. The van der Waals surface area contributed by atoms with Gasteiger partial charge in [0, 0.05) is 4.91 Å². The molecule has 0 amide bonds. The molecular weight excluding hydrogens is 194 g/mol. The Hall–Kier alpha value is -1.71. The molecular formula is C10H13N3O2. The average molecular weight is 207 g/mol. The average Bonchev–Trinajstić information content (AvgIpc) is 2.25. The summed E-state index contributed by atoms with van der Waals surface area (Å²) >= 11 is 0. The van der Waals surface area contributed by atoms with Gasteiger partial charge >= 0.3 is 0 Å². The Labute approximate surface area is 87.9 Å². The van der Waals surface area contributed by atoms with Crippen LogP contribution in [-0.4, -0.2) is 24.4 Å². The molecule has 5 nitrogen and oxygen atoms in total. The van der Waals surface area contributed by atoms with Crippen molar-refractivity contribution in [2.75, 3.05) is 13.2 Å². The van der Waals surface area contributed by atoms with E-state index >= 15 is 0 Å². The van der Waals surface area contributed by atoms with Gasteiger partial charge in [-0.1, -0.05) is 22.8 Å². The molecule has 0 bridgehead atoms. The number of ether oxygens (including phenoxy) is 1. The molecule has 1 aromatic carbocycles. The first kappa shape index (κ1) is 11.4. The molecule has 15 heavy (non-hydrogen) atoms. The second-order valence-corrected chi connectivity index (χ2v) is 3.19. The van der Waals surface area contributed by atoms with E-state index in [-0.39, 0.29) is 13.2 Å². The van der Waals surface area contributed by atoms with Gasteiger partial charge < -0.3 is 9.84 Å². The lowest BCUT2D eigenvalue weighted by Gasteiger charge is -2.09. The zero-order valence-corrected chi connectivity index (χ0v) is 8.50. The van der Waals surface area contributed by atoms with E-state index in [2.05, 4.69) is 10.0 Å². The van der Waals surface area contributed by atoms with Crippen molar-refractivity contribution in [3.8, 4) is 5.75 Å². The molecule has 0 unspecified atom stereocenters. The van der Waals surface area contributed by atoms with Gasteiger partial charge in [0.1, 0.15) is 12.4 Å². The maximum absolute atomic E-state index is 9.31. The SMILES string of the molecule is Cc1ccc(OC[C@H](O)CN=[N+]=[N-])cc1. The van der Waals surface area contributed by atoms with E-state index < -0.39 is 6.10 Å². The van der Waals surface area contributed by atoms with Crippen molar-refractivity contribution in [2.24, 2.45) is 5.11 Å². The van der Waals surface area contributed by atoms with Crippen LogP contribution in [0.4, 0.5) is 0 Å². The highest BCUT2D eigenvalue weighted by Gasteiger charge is 2.03. The molecule has 0 radical (unpaired) electrons. The summed E-state index contributed by atoms with van der Waals surface area (Å²) in [4.78, 5) is 2.55. The van der Waals surface area contributed by atoms with Crippen LogP contribution in [0.1, 0.15) is 5.56 Å². The van der Waals surface area contributed by atoms with Gasteiger partial charge in [0.05, 0.1) is 12.6 Å². The number of benzene rings is 1. The van der Waals surface area contributed by atoms with Crippen LogP contribution in [0.2, 0.25) is 0 Å². The van der Waals surface area contributed by atoms with E-state index in [1.165, 1.54) is 0 Å². The number of azide groups is 1. The van der Waals surface area contributed by atoms with Crippen LogP contribution in [0.15, 0.2) is 29.4 Å². The molecule has 0 aliphatic carbocycles. The third-order valence-electron chi connectivity index (χ3n) is 1.82. The largest absolute Gasteiger partial charge is 0.491 e. The summed E-state index contributed by atoms with van der Waals surface area (Å²) < 4.78 is 5.29. The fourth-order valence-electron chi connectivity index (χ4n) is 1.01. The van der Waals surface area contributed by atoms with Crippen LogP contribution in [-0.2, 0) is 0 Å². The predicted molar refractivity (Wildman–Crippen MR) is 56.7 cm³/mol. The molecule has 0 heterocycles. The second kappa shape index (κ2) is 5.90. The van der Waals surface area contributed by atoms with Crippen molar-refractivity contribution in [2.45, 2.75) is 13.0 Å². The van der Waals surface area contributed by atoms with Gasteiger partial charge in [0.15, 0.2) is 0 Å². The third-order valence-corrected chi connectivity index (χ3v) is 1.82. The summed E-state index contributed by atoms with van der Waals surface area (Å²) in [5.41, 5.74) is 9.19. The van der Waals surface area contributed by atoms with Gasteiger partial charge in [-0.15, -0.1) is 0 Å². The van der Waals surface area contributed by atoms with Crippen LogP contribution >= 0.6 is 0 Å². The van der Waals surface area contributed by atoms with Crippen LogP contribution in [0, 0.1) is 6.92 Å². The van der Waals surface area contributed by atoms with E-state index in [1.807, 2.05) is 31.2 Å². The Morgan fingerprint density at radius 1 is 1.47 bits per heavy atom. The maximum atomic E-state index is 9.31. The third kappa shape index (κ3) is 4.35. The predicted octanol–water partition coefficient (Wildman–Crippen LogP) is 2.05. The molecule has 5 heteroatoms.